The first-order valence-electron chi connectivity index (χ1n) is 20.0. The summed E-state index contributed by atoms with van der Waals surface area (Å²) in [5.41, 5.74) is 8.79. The van der Waals surface area contributed by atoms with Crippen molar-refractivity contribution < 1.29 is 19.1 Å². The summed E-state index contributed by atoms with van der Waals surface area (Å²) >= 11 is 0. The van der Waals surface area contributed by atoms with Crippen LogP contribution in [0.1, 0.15) is 63.6 Å². The maximum absolute atomic E-state index is 14.8. The normalized spacial score (nSPS) is 18.4. The molecule has 0 saturated carbocycles. The molecule has 58 heavy (non-hydrogen) atoms. The van der Waals surface area contributed by atoms with Crippen molar-refractivity contribution in [3.63, 3.8) is 0 Å². The minimum absolute atomic E-state index is 0.0704. The maximum Gasteiger partial charge on any atom is 0.335 e. The monoisotopic (exact) mass is 759 g/mol. The second kappa shape index (κ2) is 14.5. The number of hydrogen-bond acceptors (Lipinski definition) is 5. The zero-order chi connectivity index (χ0) is 39.3. The Kier molecular flexibility index (Phi) is 8.86. The molecule has 0 bridgehead atoms. The van der Waals surface area contributed by atoms with E-state index in [-0.39, 0.29) is 24.0 Å². The molecule has 1 fully saturated rings. The lowest BCUT2D eigenvalue weighted by atomic mass is 9.76. The number of hydrogen-bond donors (Lipinski definition) is 1. The van der Waals surface area contributed by atoms with Gasteiger partial charge in [0.1, 0.15) is 17.9 Å². The topological polar surface area (TPSA) is 79.0 Å². The van der Waals surface area contributed by atoms with Gasteiger partial charge in [-0.15, -0.1) is 0 Å². The van der Waals surface area contributed by atoms with Gasteiger partial charge in [-0.05, 0) is 93.4 Å². The highest BCUT2D eigenvalue weighted by atomic mass is 16.5. The van der Waals surface area contributed by atoms with Crippen molar-refractivity contribution in [2.45, 2.75) is 38.2 Å². The zero-order valence-corrected chi connectivity index (χ0v) is 32.2. The molecule has 3 heterocycles. The molecular formula is C51H41N3O4. The molecule has 3 aliphatic heterocycles. The fraction of sp³-hybridized carbons (Fsp3) is 0.157. The van der Waals surface area contributed by atoms with Crippen LogP contribution < -0.4 is 19.9 Å². The van der Waals surface area contributed by atoms with E-state index in [0.717, 1.165) is 74.6 Å². The Labute approximate surface area is 337 Å². The summed E-state index contributed by atoms with van der Waals surface area (Å²) < 4.78 is 6.61. The standard InChI is InChI=1S/C51H41N3O4/c1-32-20-21-35-16-9-11-19-39(35)46(32)31-58-47-23-22-36-17-8-10-18-38(36)42(47)30-45-49(55)52-51(57)54(50(45)56)37-28-43-40(33-12-4-2-5-13-33)24-26-53-27-25-41(44(29-37)48(43)53)34-14-6-3-7-15-34/h2-23,28-30,40-41H,24-27,31H2,1H3,(H,52,55,57)/b45-30+/t40-,41-/m1/s1. The number of aryl methyl sites for hydroxylation is 1. The fourth-order valence-electron chi connectivity index (χ4n) is 9.34. The van der Waals surface area contributed by atoms with Crippen LogP contribution >= 0.6 is 0 Å². The van der Waals surface area contributed by atoms with E-state index < -0.39 is 17.8 Å². The van der Waals surface area contributed by atoms with Crippen LogP contribution in [-0.4, -0.2) is 30.9 Å². The molecule has 7 aromatic rings. The van der Waals surface area contributed by atoms with E-state index in [1.165, 1.54) is 16.8 Å². The SMILES string of the molecule is Cc1ccc2ccccc2c1COc1ccc2ccccc2c1/C=C1\C(=O)NC(=O)N(c2cc3c4c(c2)[C@@H](c2ccccc2)CCN4CC[C@@H]3c2ccccc2)C1=O. The first-order chi connectivity index (χ1) is 28.4. The predicted octanol–water partition coefficient (Wildman–Crippen LogP) is 10.4. The van der Waals surface area contributed by atoms with Crippen LogP contribution in [0.2, 0.25) is 0 Å². The van der Waals surface area contributed by atoms with E-state index in [2.05, 4.69) is 89.9 Å². The van der Waals surface area contributed by atoms with E-state index in [0.29, 0.717) is 17.0 Å². The Balaban J connectivity index is 1.09. The predicted molar refractivity (Wildman–Crippen MR) is 230 cm³/mol. The quantitative estimate of drug-likeness (QED) is 0.129. The minimum atomic E-state index is -0.767. The summed E-state index contributed by atoms with van der Waals surface area (Å²) in [6.45, 7) is 4.19. The molecule has 7 aromatic carbocycles. The van der Waals surface area contributed by atoms with Crippen molar-refractivity contribution in [1.29, 1.82) is 0 Å². The van der Waals surface area contributed by atoms with Crippen LogP contribution in [0.4, 0.5) is 16.2 Å². The van der Waals surface area contributed by atoms with Crippen LogP contribution in [0.15, 0.2) is 151 Å². The Hall–Kier alpha value is -6.99. The molecule has 4 amide bonds. The molecule has 1 N–H and O–H groups in total. The van der Waals surface area contributed by atoms with Crippen LogP contribution in [0.3, 0.4) is 0 Å². The highest BCUT2D eigenvalue weighted by Gasteiger charge is 2.41. The van der Waals surface area contributed by atoms with Gasteiger partial charge in [0.15, 0.2) is 0 Å². The number of urea groups is 1. The van der Waals surface area contributed by atoms with Gasteiger partial charge in [0, 0.05) is 41.7 Å². The van der Waals surface area contributed by atoms with Crippen molar-refractivity contribution in [3.05, 3.63) is 190 Å². The Bertz CT molecular complexity index is 2740. The number of nitrogens with zero attached hydrogens (tertiary/aromatic N) is 2. The molecule has 0 spiro atoms. The van der Waals surface area contributed by atoms with Gasteiger partial charge in [0.05, 0.1) is 5.69 Å². The highest BCUT2D eigenvalue weighted by Crippen LogP contribution is 2.50. The number of barbiturate groups is 1. The van der Waals surface area contributed by atoms with E-state index in [1.54, 1.807) is 6.08 Å². The number of carbonyl (C=O) groups is 3. The number of carbonyl (C=O) groups excluding carboxylic acids is 3. The average molecular weight is 760 g/mol. The van der Waals surface area contributed by atoms with Crippen molar-refractivity contribution >= 4 is 56.8 Å². The van der Waals surface area contributed by atoms with Gasteiger partial charge in [-0.25, -0.2) is 9.69 Å². The van der Waals surface area contributed by atoms with E-state index in [4.69, 9.17) is 4.74 Å². The number of amides is 4. The van der Waals surface area contributed by atoms with Gasteiger partial charge in [0.2, 0.25) is 0 Å². The summed E-state index contributed by atoms with van der Waals surface area (Å²) in [5, 5.41) is 6.49. The van der Waals surface area contributed by atoms with E-state index in [1.807, 2.05) is 72.8 Å². The number of fused-ring (bicyclic) bond motifs is 2. The third-order valence-electron chi connectivity index (χ3n) is 12.2. The molecule has 0 aliphatic carbocycles. The van der Waals surface area contributed by atoms with E-state index >= 15 is 0 Å². The van der Waals surface area contributed by atoms with Crippen molar-refractivity contribution in [3.8, 4) is 5.75 Å². The lowest BCUT2D eigenvalue weighted by molar-refractivity contribution is -0.122. The van der Waals surface area contributed by atoms with Gasteiger partial charge in [-0.3, -0.25) is 14.9 Å². The first-order valence-corrected chi connectivity index (χ1v) is 20.0. The third kappa shape index (κ3) is 6.11. The summed E-state index contributed by atoms with van der Waals surface area (Å²) in [4.78, 5) is 46.2. The van der Waals surface area contributed by atoms with Crippen molar-refractivity contribution in [1.82, 2.24) is 5.32 Å². The summed E-state index contributed by atoms with van der Waals surface area (Å²) in [7, 11) is 0. The summed E-state index contributed by atoms with van der Waals surface area (Å²) in [6.07, 6.45) is 3.40. The van der Waals surface area contributed by atoms with Gasteiger partial charge in [0.25, 0.3) is 11.8 Å². The maximum atomic E-state index is 14.8. The Morgan fingerprint density at radius 2 is 1.24 bits per heavy atom. The molecule has 1 saturated heterocycles. The molecule has 7 nitrogen and oxygen atoms in total. The van der Waals surface area contributed by atoms with Crippen LogP contribution in [0.25, 0.3) is 27.6 Å². The van der Waals surface area contributed by atoms with Crippen LogP contribution in [0.5, 0.6) is 5.75 Å². The second-order valence-electron chi connectivity index (χ2n) is 15.5. The Morgan fingerprint density at radius 1 is 0.672 bits per heavy atom. The number of nitrogens with one attached hydrogen (secondary N) is 1. The molecule has 0 unspecified atom stereocenters. The van der Waals surface area contributed by atoms with Gasteiger partial charge in [-0.1, -0.05) is 127 Å². The summed E-state index contributed by atoms with van der Waals surface area (Å²) in [5.74, 6) is -0.759. The first kappa shape index (κ1) is 35.4. The number of anilines is 2. The highest BCUT2D eigenvalue weighted by molar-refractivity contribution is 6.39. The number of rotatable bonds is 7. The largest absolute Gasteiger partial charge is 0.488 e. The molecule has 10 rings (SSSR count). The molecule has 284 valence electrons. The fourth-order valence-corrected chi connectivity index (χ4v) is 9.34. The van der Waals surface area contributed by atoms with Crippen LogP contribution in [0, 0.1) is 6.92 Å². The molecule has 2 atom stereocenters. The lowest BCUT2D eigenvalue weighted by Gasteiger charge is -2.44. The lowest BCUT2D eigenvalue weighted by Crippen LogP contribution is -2.54. The van der Waals surface area contributed by atoms with Gasteiger partial charge in [-0.2, -0.15) is 0 Å². The zero-order valence-electron chi connectivity index (χ0n) is 32.2. The molecular weight excluding hydrogens is 719 g/mol. The smallest absolute Gasteiger partial charge is 0.335 e. The molecule has 0 radical (unpaired) electrons. The molecule has 7 heteroatoms. The van der Waals surface area contributed by atoms with Gasteiger partial charge < -0.3 is 9.64 Å². The summed E-state index contributed by atoms with van der Waals surface area (Å²) in [6, 6.07) is 48.2. The van der Waals surface area contributed by atoms with Crippen LogP contribution in [-0.2, 0) is 16.2 Å². The molecule has 3 aliphatic rings. The number of ether oxygens (including phenoxy) is 1. The minimum Gasteiger partial charge on any atom is -0.488 e. The van der Waals surface area contributed by atoms with E-state index in [9.17, 15) is 14.4 Å². The number of benzene rings is 7. The van der Waals surface area contributed by atoms with Gasteiger partial charge >= 0.3 is 6.03 Å². The second-order valence-corrected chi connectivity index (χ2v) is 15.5. The number of imide groups is 2. The molecule has 0 aromatic heterocycles. The van der Waals surface area contributed by atoms with Crippen molar-refractivity contribution in [2.75, 3.05) is 22.9 Å². The average Bonchev–Trinajstić information content (AvgIpc) is 3.25. The van der Waals surface area contributed by atoms with Crippen molar-refractivity contribution in [2.24, 2.45) is 0 Å². The third-order valence-corrected chi connectivity index (χ3v) is 12.2. The Morgan fingerprint density at radius 3 is 1.90 bits per heavy atom.